The van der Waals surface area contributed by atoms with E-state index in [-0.39, 0.29) is 0 Å². The monoisotopic (exact) mass is 239 g/mol. The number of hydrogen-bond donors (Lipinski definition) is 1. The molecule has 0 aromatic heterocycles. The van der Waals surface area contributed by atoms with Crippen LogP contribution in [-0.4, -0.2) is 38.5 Å². The van der Waals surface area contributed by atoms with Gasteiger partial charge in [0.05, 0.1) is 0 Å². The Balaban J connectivity index is 2.41. The molecule has 0 atom stereocenters. The van der Waals surface area contributed by atoms with Crippen LogP contribution in [0.15, 0.2) is 29.3 Å². The van der Waals surface area contributed by atoms with Crippen molar-refractivity contribution in [1.82, 2.24) is 10.2 Å². The fourth-order valence-corrected chi connectivity index (χ4v) is 1.66. The molecule has 1 rings (SSSR count). The molecule has 0 aliphatic rings. The van der Waals surface area contributed by atoms with Crippen molar-refractivity contribution in [3.63, 3.8) is 0 Å². The van der Waals surface area contributed by atoms with Gasteiger partial charge in [0.2, 0.25) is 0 Å². The molecule has 0 saturated heterocycles. The summed E-state index contributed by atoms with van der Waals surface area (Å²) in [7, 11) is 5.71. The van der Waals surface area contributed by atoms with Crippen molar-refractivity contribution in [2.45, 2.75) is 6.42 Å². The normalized spacial score (nSPS) is 11.4. The predicted molar refractivity (Wildman–Crippen MR) is 70.2 cm³/mol. The van der Waals surface area contributed by atoms with Gasteiger partial charge in [-0.15, -0.1) is 0 Å². The third kappa shape index (κ3) is 4.11. The van der Waals surface area contributed by atoms with Gasteiger partial charge in [-0.05, 0) is 24.1 Å². The summed E-state index contributed by atoms with van der Waals surface area (Å²) in [4.78, 5) is 6.10. The minimum absolute atomic E-state index is 0.787. The van der Waals surface area contributed by atoms with Gasteiger partial charge in [-0.25, -0.2) is 0 Å². The molecule has 0 amide bonds. The van der Waals surface area contributed by atoms with Crippen LogP contribution in [0.2, 0.25) is 5.02 Å². The average molecular weight is 240 g/mol. The molecule has 4 heteroatoms. The molecule has 88 valence electrons. The van der Waals surface area contributed by atoms with Crippen LogP contribution < -0.4 is 5.32 Å². The Morgan fingerprint density at radius 1 is 1.44 bits per heavy atom. The average Bonchev–Trinajstić information content (AvgIpc) is 2.24. The van der Waals surface area contributed by atoms with Gasteiger partial charge in [0, 0.05) is 32.7 Å². The van der Waals surface area contributed by atoms with Crippen molar-refractivity contribution in [2.24, 2.45) is 4.99 Å². The van der Waals surface area contributed by atoms with E-state index in [1.54, 1.807) is 7.05 Å². The quantitative estimate of drug-likeness (QED) is 0.646. The summed E-state index contributed by atoms with van der Waals surface area (Å²) >= 11 is 5.91. The second-order valence-corrected chi connectivity index (χ2v) is 4.18. The summed E-state index contributed by atoms with van der Waals surface area (Å²) in [6, 6.07) is 7.92. The highest BCUT2D eigenvalue weighted by atomic mass is 35.5. The number of halogens is 1. The first kappa shape index (κ1) is 12.8. The smallest absolute Gasteiger partial charge is 0.193 e. The van der Waals surface area contributed by atoms with E-state index in [1.165, 1.54) is 5.56 Å². The van der Waals surface area contributed by atoms with E-state index in [9.17, 15) is 0 Å². The van der Waals surface area contributed by atoms with Crippen LogP contribution in [0.4, 0.5) is 0 Å². The summed E-state index contributed by atoms with van der Waals surface area (Å²) in [6.07, 6.45) is 0.938. The summed E-state index contributed by atoms with van der Waals surface area (Å²) in [5, 5.41) is 4.06. The van der Waals surface area contributed by atoms with Crippen LogP contribution in [0.3, 0.4) is 0 Å². The maximum atomic E-state index is 5.91. The van der Waals surface area contributed by atoms with E-state index in [0.717, 1.165) is 23.9 Å². The fraction of sp³-hybridized carbons (Fsp3) is 0.417. The molecule has 16 heavy (non-hydrogen) atoms. The van der Waals surface area contributed by atoms with Gasteiger partial charge in [-0.3, -0.25) is 4.99 Å². The number of hydrogen-bond acceptors (Lipinski definition) is 1. The highest BCUT2D eigenvalue weighted by molar-refractivity contribution is 6.30. The zero-order valence-corrected chi connectivity index (χ0v) is 10.8. The number of rotatable bonds is 3. The summed E-state index contributed by atoms with van der Waals surface area (Å²) in [5.41, 5.74) is 1.23. The number of aliphatic imine (C=N–C) groups is 1. The first-order valence-electron chi connectivity index (χ1n) is 5.26. The second kappa shape index (κ2) is 6.38. The highest BCUT2D eigenvalue weighted by Gasteiger charge is 1.99. The van der Waals surface area contributed by atoms with Gasteiger partial charge in [0.1, 0.15) is 0 Å². The third-order valence-corrected chi connectivity index (χ3v) is 2.46. The molecule has 0 radical (unpaired) electrons. The molecule has 0 spiro atoms. The van der Waals surface area contributed by atoms with E-state index in [1.807, 2.05) is 37.2 Å². The van der Waals surface area contributed by atoms with Crippen LogP contribution in [0.25, 0.3) is 0 Å². The zero-order chi connectivity index (χ0) is 12.0. The molecular weight excluding hydrogens is 222 g/mol. The van der Waals surface area contributed by atoms with Crippen molar-refractivity contribution in [3.8, 4) is 0 Å². The molecule has 3 nitrogen and oxygen atoms in total. The minimum atomic E-state index is 0.787. The topological polar surface area (TPSA) is 27.6 Å². The second-order valence-electron chi connectivity index (χ2n) is 3.75. The fourth-order valence-electron chi connectivity index (χ4n) is 1.45. The molecule has 0 unspecified atom stereocenters. The lowest BCUT2D eigenvalue weighted by atomic mass is 10.1. The van der Waals surface area contributed by atoms with Crippen molar-refractivity contribution in [2.75, 3.05) is 27.7 Å². The molecule has 0 bridgehead atoms. The lowest BCUT2D eigenvalue weighted by Gasteiger charge is -2.16. The standard InChI is InChI=1S/C12H18ClN3/c1-14-12(16(2)3)15-8-7-10-5-4-6-11(13)9-10/h4-6,9H,7-8H2,1-3H3,(H,14,15). The minimum Gasteiger partial charge on any atom is -0.356 e. The maximum absolute atomic E-state index is 5.91. The Kier molecular flexibility index (Phi) is 5.12. The third-order valence-electron chi connectivity index (χ3n) is 2.22. The van der Waals surface area contributed by atoms with E-state index in [4.69, 9.17) is 11.6 Å². The van der Waals surface area contributed by atoms with E-state index in [2.05, 4.69) is 16.4 Å². The van der Waals surface area contributed by atoms with Crippen molar-refractivity contribution < 1.29 is 0 Å². The molecule has 1 N–H and O–H groups in total. The number of benzene rings is 1. The van der Waals surface area contributed by atoms with E-state index < -0.39 is 0 Å². The van der Waals surface area contributed by atoms with Gasteiger partial charge >= 0.3 is 0 Å². The van der Waals surface area contributed by atoms with Gasteiger partial charge in [-0.2, -0.15) is 0 Å². The van der Waals surface area contributed by atoms with Crippen LogP contribution in [0.5, 0.6) is 0 Å². The summed E-state index contributed by atoms with van der Waals surface area (Å²) in [6.45, 7) is 0.852. The number of nitrogens with zero attached hydrogens (tertiary/aromatic N) is 2. The lowest BCUT2D eigenvalue weighted by Crippen LogP contribution is -2.37. The van der Waals surface area contributed by atoms with Crippen LogP contribution in [0, 0.1) is 0 Å². The van der Waals surface area contributed by atoms with Crippen LogP contribution in [-0.2, 0) is 6.42 Å². The number of nitrogens with one attached hydrogen (secondary N) is 1. The number of guanidine groups is 1. The van der Waals surface area contributed by atoms with Crippen molar-refractivity contribution in [3.05, 3.63) is 34.9 Å². The van der Waals surface area contributed by atoms with Gasteiger partial charge in [0.15, 0.2) is 5.96 Å². The molecule has 0 heterocycles. The SMILES string of the molecule is CN=C(NCCc1cccc(Cl)c1)N(C)C. The Bertz CT molecular complexity index is 361. The Hall–Kier alpha value is -1.22. The van der Waals surface area contributed by atoms with E-state index >= 15 is 0 Å². The lowest BCUT2D eigenvalue weighted by molar-refractivity contribution is 0.583. The first-order chi connectivity index (χ1) is 7.63. The van der Waals surface area contributed by atoms with Crippen molar-refractivity contribution >= 4 is 17.6 Å². The van der Waals surface area contributed by atoms with Gasteiger partial charge in [0.25, 0.3) is 0 Å². The van der Waals surface area contributed by atoms with Crippen LogP contribution in [0.1, 0.15) is 5.56 Å². The molecule has 0 saturated carbocycles. The Labute approximate surface area is 102 Å². The molecular formula is C12H18ClN3. The maximum Gasteiger partial charge on any atom is 0.193 e. The molecule has 0 aliphatic heterocycles. The largest absolute Gasteiger partial charge is 0.356 e. The molecule has 0 fully saturated rings. The predicted octanol–water partition coefficient (Wildman–Crippen LogP) is 2.02. The van der Waals surface area contributed by atoms with Crippen LogP contribution >= 0.6 is 11.6 Å². The first-order valence-corrected chi connectivity index (χ1v) is 5.63. The van der Waals surface area contributed by atoms with Gasteiger partial charge < -0.3 is 10.2 Å². The Morgan fingerprint density at radius 3 is 2.75 bits per heavy atom. The Morgan fingerprint density at radius 2 is 2.19 bits per heavy atom. The highest BCUT2D eigenvalue weighted by Crippen LogP contribution is 2.10. The summed E-state index contributed by atoms with van der Waals surface area (Å²) in [5.74, 6) is 0.891. The van der Waals surface area contributed by atoms with E-state index in [0.29, 0.717) is 0 Å². The van der Waals surface area contributed by atoms with Crippen molar-refractivity contribution in [1.29, 1.82) is 0 Å². The molecule has 1 aromatic carbocycles. The molecule has 1 aromatic rings. The summed E-state index contributed by atoms with van der Waals surface area (Å²) < 4.78 is 0. The zero-order valence-electron chi connectivity index (χ0n) is 10.00. The molecule has 0 aliphatic carbocycles. The van der Waals surface area contributed by atoms with Gasteiger partial charge in [-0.1, -0.05) is 23.7 Å².